The second kappa shape index (κ2) is 11.7. The summed E-state index contributed by atoms with van der Waals surface area (Å²) in [6, 6.07) is 8.76. The first-order valence-electron chi connectivity index (χ1n) is 8.23. The number of benzene rings is 1. The van der Waals surface area contributed by atoms with Crippen molar-refractivity contribution >= 4 is 0 Å². The van der Waals surface area contributed by atoms with Crippen LogP contribution in [0.2, 0.25) is 0 Å². The van der Waals surface area contributed by atoms with E-state index in [1.807, 2.05) is 0 Å². The fourth-order valence-electron chi connectivity index (χ4n) is 2.11. The predicted molar refractivity (Wildman–Crippen MR) is 88.8 cm³/mol. The van der Waals surface area contributed by atoms with Crippen molar-refractivity contribution in [3.05, 3.63) is 35.4 Å². The maximum absolute atomic E-state index is 5.61. The Morgan fingerprint density at radius 1 is 0.952 bits per heavy atom. The van der Waals surface area contributed by atoms with E-state index in [9.17, 15) is 0 Å². The number of ether oxygens (including phenoxy) is 2. The van der Waals surface area contributed by atoms with Crippen molar-refractivity contribution in [2.45, 2.75) is 46.1 Å². The van der Waals surface area contributed by atoms with Gasteiger partial charge in [-0.1, -0.05) is 45.0 Å². The first kappa shape index (κ1) is 18.1. The highest BCUT2D eigenvalue weighted by Gasteiger charge is 2.04. The van der Waals surface area contributed by atoms with Gasteiger partial charge in [-0.3, -0.25) is 0 Å². The lowest BCUT2D eigenvalue weighted by Gasteiger charge is -2.13. The second-order valence-electron chi connectivity index (χ2n) is 5.51. The van der Waals surface area contributed by atoms with Crippen LogP contribution in [0.15, 0.2) is 24.3 Å². The van der Waals surface area contributed by atoms with Crippen LogP contribution in [-0.2, 0) is 16.1 Å². The molecule has 1 atom stereocenters. The van der Waals surface area contributed by atoms with Crippen molar-refractivity contribution < 1.29 is 9.47 Å². The Balaban J connectivity index is 2.23. The van der Waals surface area contributed by atoms with Crippen LogP contribution in [0.5, 0.6) is 0 Å². The zero-order chi connectivity index (χ0) is 15.3. The van der Waals surface area contributed by atoms with E-state index in [-0.39, 0.29) is 0 Å². The molecule has 0 heterocycles. The van der Waals surface area contributed by atoms with Crippen LogP contribution in [0, 0.1) is 0 Å². The number of hydrogen-bond acceptors (Lipinski definition) is 3. The first-order valence-corrected chi connectivity index (χ1v) is 8.23. The summed E-state index contributed by atoms with van der Waals surface area (Å²) in [4.78, 5) is 0. The van der Waals surface area contributed by atoms with E-state index >= 15 is 0 Å². The van der Waals surface area contributed by atoms with Crippen LogP contribution in [-0.4, -0.2) is 32.9 Å². The molecule has 0 saturated carbocycles. The van der Waals surface area contributed by atoms with E-state index < -0.39 is 0 Å². The Hall–Kier alpha value is -0.900. The Kier molecular flexibility index (Phi) is 10.1. The van der Waals surface area contributed by atoms with E-state index in [0.717, 1.165) is 26.1 Å². The minimum Gasteiger partial charge on any atom is -0.379 e. The van der Waals surface area contributed by atoms with E-state index in [0.29, 0.717) is 25.7 Å². The van der Waals surface area contributed by atoms with Gasteiger partial charge in [0.05, 0.1) is 19.8 Å². The van der Waals surface area contributed by atoms with Gasteiger partial charge in [0.1, 0.15) is 0 Å². The van der Waals surface area contributed by atoms with Crippen LogP contribution < -0.4 is 5.32 Å². The fraction of sp³-hybridized carbons (Fsp3) is 0.667. The van der Waals surface area contributed by atoms with Gasteiger partial charge in [-0.15, -0.1) is 0 Å². The van der Waals surface area contributed by atoms with Crippen molar-refractivity contribution in [3.63, 3.8) is 0 Å². The molecular formula is C18H31NO2. The average molecular weight is 293 g/mol. The summed E-state index contributed by atoms with van der Waals surface area (Å²) in [5.74, 6) is 0.550. The van der Waals surface area contributed by atoms with Crippen LogP contribution in [0.3, 0.4) is 0 Å². The molecule has 0 saturated heterocycles. The summed E-state index contributed by atoms with van der Waals surface area (Å²) >= 11 is 0. The van der Waals surface area contributed by atoms with Gasteiger partial charge in [0.15, 0.2) is 0 Å². The molecule has 0 fully saturated rings. The Labute approximate surface area is 130 Å². The molecule has 3 nitrogen and oxygen atoms in total. The van der Waals surface area contributed by atoms with Crippen molar-refractivity contribution in [1.29, 1.82) is 0 Å². The molecule has 0 amide bonds. The number of nitrogens with one attached hydrogen (secondary N) is 1. The molecule has 0 spiro atoms. The lowest BCUT2D eigenvalue weighted by molar-refractivity contribution is 0.0408. The zero-order valence-corrected chi connectivity index (χ0v) is 13.9. The highest BCUT2D eigenvalue weighted by molar-refractivity contribution is 5.24. The summed E-state index contributed by atoms with van der Waals surface area (Å²) in [6.07, 6.45) is 2.25. The van der Waals surface area contributed by atoms with Gasteiger partial charge in [0.25, 0.3) is 0 Å². The minimum absolute atomic E-state index is 0.550. The van der Waals surface area contributed by atoms with Crippen molar-refractivity contribution in [3.8, 4) is 0 Å². The summed E-state index contributed by atoms with van der Waals surface area (Å²) in [5, 5.41) is 3.47. The Morgan fingerprint density at radius 2 is 1.67 bits per heavy atom. The van der Waals surface area contributed by atoms with E-state index in [1.54, 1.807) is 0 Å². The SMILES string of the molecule is CCCNCC(C)c1ccc(COCCOCCC)cc1. The van der Waals surface area contributed by atoms with Gasteiger partial charge in [-0.2, -0.15) is 0 Å². The third kappa shape index (κ3) is 8.20. The largest absolute Gasteiger partial charge is 0.379 e. The smallest absolute Gasteiger partial charge is 0.0718 e. The van der Waals surface area contributed by atoms with E-state index in [1.165, 1.54) is 17.5 Å². The maximum Gasteiger partial charge on any atom is 0.0718 e. The normalized spacial score (nSPS) is 12.5. The quantitative estimate of drug-likeness (QED) is 0.596. The first-order chi connectivity index (χ1) is 10.3. The summed E-state index contributed by atoms with van der Waals surface area (Å²) in [5.41, 5.74) is 2.61. The van der Waals surface area contributed by atoms with Gasteiger partial charge >= 0.3 is 0 Å². The van der Waals surface area contributed by atoms with Gasteiger partial charge in [0, 0.05) is 13.2 Å². The zero-order valence-electron chi connectivity index (χ0n) is 13.9. The Morgan fingerprint density at radius 3 is 2.33 bits per heavy atom. The summed E-state index contributed by atoms with van der Waals surface area (Å²) in [6.45, 7) is 11.5. The lowest BCUT2D eigenvalue weighted by atomic mass is 10.00. The molecule has 21 heavy (non-hydrogen) atoms. The van der Waals surface area contributed by atoms with Crippen LogP contribution >= 0.6 is 0 Å². The molecule has 1 aromatic rings. The molecule has 1 rings (SSSR count). The molecule has 0 aliphatic rings. The highest BCUT2D eigenvalue weighted by Crippen LogP contribution is 2.15. The third-order valence-corrected chi connectivity index (χ3v) is 3.42. The van der Waals surface area contributed by atoms with Crippen LogP contribution in [0.1, 0.15) is 50.7 Å². The molecule has 0 aliphatic heterocycles. The topological polar surface area (TPSA) is 30.5 Å². The molecule has 120 valence electrons. The minimum atomic E-state index is 0.550. The van der Waals surface area contributed by atoms with Crippen LogP contribution in [0.4, 0.5) is 0 Å². The van der Waals surface area contributed by atoms with Gasteiger partial charge in [-0.05, 0) is 36.4 Å². The fourth-order valence-corrected chi connectivity index (χ4v) is 2.11. The van der Waals surface area contributed by atoms with Gasteiger partial charge in [-0.25, -0.2) is 0 Å². The second-order valence-corrected chi connectivity index (χ2v) is 5.51. The monoisotopic (exact) mass is 293 g/mol. The maximum atomic E-state index is 5.61. The molecule has 1 unspecified atom stereocenters. The molecule has 0 aromatic heterocycles. The highest BCUT2D eigenvalue weighted by atomic mass is 16.5. The standard InChI is InChI=1S/C18H31NO2/c1-4-10-19-14-16(3)18-8-6-17(7-9-18)15-21-13-12-20-11-5-2/h6-9,16,19H,4-5,10-15H2,1-3H3. The van der Waals surface area contributed by atoms with Crippen molar-refractivity contribution in [1.82, 2.24) is 5.32 Å². The molecule has 0 bridgehead atoms. The molecule has 1 N–H and O–H groups in total. The van der Waals surface area contributed by atoms with Crippen molar-refractivity contribution in [2.24, 2.45) is 0 Å². The summed E-state index contributed by atoms with van der Waals surface area (Å²) in [7, 11) is 0. The molecule has 0 radical (unpaired) electrons. The number of rotatable bonds is 12. The molecule has 0 aliphatic carbocycles. The molecular weight excluding hydrogens is 262 g/mol. The van der Waals surface area contributed by atoms with Gasteiger partial charge < -0.3 is 14.8 Å². The molecule has 3 heteroatoms. The predicted octanol–water partition coefficient (Wildman–Crippen LogP) is 3.73. The van der Waals surface area contributed by atoms with E-state index in [2.05, 4.69) is 50.4 Å². The van der Waals surface area contributed by atoms with Crippen LogP contribution in [0.25, 0.3) is 0 Å². The molecule has 1 aromatic carbocycles. The number of hydrogen-bond donors (Lipinski definition) is 1. The van der Waals surface area contributed by atoms with Crippen molar-refractivity contribution in [2.75, 3.05) is 32.9 Å². The Bertz CT molecular complexity index is 351. The van der Waals surface area contributed by atoms with Gasteiger partial charge in [0.2, 0.25) is 0 Å². The average Bonchev–Trinajstić information content (AvgIpc) is 2.51. The summed E-state index contributed by atoms with van der Waals surface area (Å²) < 4.78 is 11.0. The lowest BCUT2D eigenvalue weighted by Crippen LogP contribution is -2.20. The third-order valence-electron chi connectivity index (χ3n) is 3.42. The van der Waals surface area contributed by atoms with E-state index in [4.69, 9.17) is 9.47 Å².